The molecule has 8 aromatic rings. The Morgan fingerprint density at radius 2 is 1.18 bits per heavy atom. The van der Waals surface area contributed by atoms with E-state index < -0.39 is 0 Å². The number of benzene rings is 6. The number of para-hydroxylation sites is 2. The fourth-order valence-corrected chi connectivity index (χ4v) is 6.68. The molecule has 0 bridgehead atoms. The number of fused-ring (bicyclic) bond motifs is 4. The maximum atomic E-state index is 5.32. The Labute approximate surface area is 257 Å². The lowest BCUT2D eigenvalue weighted by molar-refractivity contribution is 1.01. The highest BCUT2D eigenvalue weighted by atomic mass is 15.2. The highest BCUT2D eigenvalue weighted by molar-refractivity contribution is 6.12. The molecule has 2 heterocycles. The van der Waals surface area contributed by atoms with Crippen molar-refractivity contribution in [3.63, 3.8) is 0 Å². The molecule has 0 atom stereocenters. The van der Waals surface area contributed by atoms with Gasteiger partial charge in [-0.2, -0.15) is 0 Å². The van der Waals surface area contributed by atoms with Crippen molar-refractivity contribution in [3.05, 3.63) is 151 Å². The van der Waals surface area contributed by atoms with E-state index in [4.69, 9.17) is 9.97 Å². The van der Waals surface area contributed by atoms with E-state index in [0.29, 0.717) is 5.95 Å². The Morgan fingerprint density at radius 1 is 0.523 bits per heavy atom. The van der Waals surface area contributed by atoms with Crippen molar-refractivity contribution < 1.29 is 0 Å². The zero-order valence-electron chi connectivity index (χ0n) is 24.8. The summed E-state index contributed by atoms with van der Waals surface area (Å²) in [5.74, 6) is 0.683. The molecule has 2 aromatic heterocycles. The quantitative estimate of drug-likeness (QED) is 0.208. The van der Waals surface area contributed by atoms with Gasteiger partial charge in [0.2, 0.25) is 5.95 Å². The van der Waals surface area contributed by atoms with Gasteiger partial charge in [-0.25, -0.2) is 9.97 Å². The van der Waals surface area contributed by atoms with Crippen molar-refractivity contribution in [2.45, 2.75) is 20.3 Å². The third-order valence-electron chi connectivity index (χ3n) is 8.79. The van der Waals surface area contributed by atoms with Gasteiger partial charge in [-0.3, -0.25) is 4.57 Å². The summed E-state index contributed by atoms with van der Waals surface area (Å²) in [7, 11) is 0. The summed E-state index contributed by atoms with van der Waals surface area (Å²) in [5, 5.41) is 3.54. The first-order valence-corrected chi connectivity index (χ1v) is 15.3. The van der Waals surface area contributed by atoms with E-state index in [-0.39, 0.29) is 0 Å². The second kappa shape index (κ2) is 10.6. The van der Waals surface area contributed by atoms with Crippen molar-refractivity contribution in [1.29, 1.82) is 0 Å². The first kappa shape index (κ1) is 26.1. The van der Waals surface area contributed by atoms with Crippen molar-refractivity contribution in [2.24, 2.45) is 0 Å². The van der Waals surface area contributed by atoms with Gasteiger partial charge in [-0.05, 0) is 64.9 Å². The fraction of sp³-hybridized carbons (Fsp3) is 0.0732. The molecule has 0 amide bonds. The molecular weight excluding hydrogens is 534 g/mol. The monoisotopic (exact) mass is 565 g/mol. The lowest BCUT2D eigenvalue weighted by Crippen LogP contribution is -2.03. The minimum atomic E-state index is 0.683. The Balaban J connectivity index is 1.38. The van der Waals surface area contributed by atoms with Gasteiger partial charge in [0.25, 0.3) is 0 Å². The molecule has 3 nitrogen and oxygen atoms in total. The third kappa shape index (κ3) is 4.20. The molecule has 3 heteroatoms. The SMILES string of the molecule is CCc1c(-c2ccccc2C)ccc2c1c1ccccc1n2-c1nc(-c2ccc(-c3ccccc3)cc2)c2ccccc2n1. The van der Waals surface area contributed by atoms with Gasteiger partial charge in [-0.1, -0.05) is 128 Å². The largest absolute Gasteiger partial charge is 0.278 e. The Hall–Kier alpha value is -5.54. The Kier molecular flexibility index (Phi) is 6.31. The molecule has 6 aromatic carbocycles. The summed E-state index contributed by atoms with van der Waals surface area (Å²) in [6.45, 7) is 4.45. The summed E-state index contributed by atoms with van der Waals surface area (Å²) >= 11 is 0. The van der Waals surface area contributed by atoms with E-state index in [9.17, 15) is 0 Å². The summed E-state index contributed by atoms with van der Waals surface area (Å²) in [4.78, 5) is 10.5. The van der Waals surface area contributed by atoms with Crippen LogP contribution in [0.3, 0.4) is 0 Å². The molecule has 0 fully saturated rings. The molecule has 0 saturated heterocycles. The molecule has 0 N–H and O–H groups in total. The minimum Gasteiger partial charge on any atom is -0.278 e. The van der Waals surface area contributed by atoms with Crippen LogP contribution in [0.15, 0.2) is 140 Å². The van der Waals surface area contributed by atoms with Crippen LogP contribution in [0.2, 0.25) is 0 Å². The normalized spacial score (nSPS) is 11.5. The zero-order chi connectivity index (χ0) is 29.6. The first-order chi connectivity index (χ1) is 21.7. The Bertz CT molecular complexity index is 2310. The second-order valence-corrected chi connectivity index (χ2v) is 11.3. The van der Waals surface area contributed by atoms with Crippen LogP contribution < -0.4 is 0 Å². The lowest BCUT2D eigenvalue weighted by atomic mass is 9.91. The van der Waals surface area contributed by atoms with Crippen LogP contribution in [0.5, 0.6) is 0 Å². The molecule has 0 spiro atoms. The average Bonchev–Trinajstić information content (AvgIpc) is 3.43. The molecule has 210 valence electrons. The molecule has 0 unspecified atom stereocenters. The van der Waals surface area contributed by atoms with E-state index in [1.165, 1.54) is 44.2 Å². The molecule has 0 saturated carbocycles. The van der Waals surface area contributed by atoms with E-state index in [1.54, 1.807) is 0 Å². The van der Waals surface area contributed by atoms with Gasteiger partial charge in [0.1, 0.15) is 0 Å². The van der Waals surface area contributed by atoms with Gasteiger partial charge in [0.15, 0.2) is 0 Å². The van der Waals surface area contributed by atoms with Crippen LogP contribution in [0.1, 0.15) is 18.1 Å². The van der Waals surface area contributed by atoms with Crippen molar-refractivity contribution in [1.82, 2.24) is 14.5 Å². The molecule has 8 rings (SSSR count). The zero-order valence-corrected chi connectivity index (χ0v) is 24.8. The number of hydrogen-bond donors (Lipinski definition) is 0. The van der Waals surface area contributed by atoms with Gasteiger partial charge in [0.05, 0.1) is 22.2 Å². The average molecular weight is 566 g/mol. The van der Waals surface area contributed by atoms with Crippen molar-refractivity contribution in [2.75, 3.05) is 0 Å². The standard InChI is InChI=1S/C41H31N3/c1-3-31-33(32-16-8-7-13-27(32)2)25-26-38-39(31)35-18-10-12-20-37(35)44(38)41-42-36-19-11-9-17-34(36)40(43-41)30-23-21-29(22-24-30)28-14-5-4-6-15-28/h4-26H,3H2,1-2H3. The van der Waals surface area contributed by atoms with E-state index in [1.807, 2.05) is 6.07 Å². The van der Waals surface area contributed by atoms with Crippen LogP contribution in [0, 0.1) is 6.92 Å². The number of nitrogens with zero attached hydrogens (tertiary/aromatic N) is 3. The van der Waals surface area contributed by atoms with E-state index >= 15 is 0 Å². The number of aryl methyl sites for hydroxylation is 2. The van der Waals surface area contributed by atoms with E-state index in [0.717, 1.165) is 39.6 Å². The third-order valence-corrected chi connectivity index (χ3v) is 8.79. The first-order valence-electron chi connectivity index (χ1n) is 15.3. The lowest BCUT2D eigenvalue weighted by Gasteiger charge is -2.14. The molecule has 0 aliphatic carbocycles. The molecule has 44 heavy (non-hydrogen) atoms. The molecule has 0 aliphatic rings. The maximum absolute atomic E-state index is 5.32. The number of hydrogen-bond acceptors (Lipinski definition) is 2. The summed E-state index contributed by atoms with van der Waals surface area (Å²) in [6.07, 6.45) is 0.923. The van der Waals surface area contributed by atoms with Crippen LogP contribution >= 0.6 is 0 Å². The summed E-state index contributed by atoms with van der Waals surface area (Å²) in [5.41, 5.74) is 12.8. The molecule has 0 radical (unpaired) electrons. The highest BCUT2D eigenvalue weighted by Crippen LogP contribution is 2.40. The predicted molar refractivity (Wildman–Crippen MR) is 184 cm³/mol. The Morgan fingerprint density at radius 3 is 1.98 bits per heavy atom. The van der Waals surface area contributed by atoms with Crippen LogP contribution in [0.25, 0.3) is 72.2 Å². The predicted octanol–water partition coefficient (Wildman–Crippen LogP) is 10.6. The smallest absolute Gasteiger partial charge is 0.235 e. The van der Waals surface area contributed by atoms with Crippen molar-refractivity contribution in [3.8, 4) is 39.5 Å². The van der Waals surface area contributed by atoms with E-state index in [2.05, 4.69) is 152 Å². The van der Waals surface area contributed by atoms with Crippen LogP contribution in [0.4, 0.5) is 0 Å². The van der Waals surface area contributed by atoms with Gasteiger partial charge >= 0.3 is 0 Å². The fourth-order valence-electron chi connectivity index (χ4n) is 6.68. The van der Waals surface area contributed by atoms with Crippen LogP contribution in [-0.4, -0.2) is 14.5 Å². The second-order valence-electron chi connectivity index (χ2n) is 11.3. The highest BCUT2D eigenvalue weighted by Gasteiger charge is 2.21. The van der Waals surface area contributed by atoms with Gasteiger partial charge in [0, 0.05) is 21.7 Å². The minimum absolute atomic E-state index is 0.683. The van der Waals surface area contributed by atoms with Crippen LogP contribution in [-0.2, 0) is 6.42 Å². The maximum Gasteiger partial charge on any atom is 0.235 e. The number of aromatic nitrogens is 3. The van der Waals surface area contributed by atoms with Gasteiger partial charge < -0.3 is 0 Å². The summed E-state index contributed by atoms with van der Waals surface area (Å²) in [6, 6.07) is 49.4. The van der Waals surface area contributed by atoms with Gasteiger partial charge in [-0.15, -0.1) is 0 Å². The number of rotatable bonds is 5. The summed E-state index contributed by atoms with van der Waals surface area (Å²) < 4.78 is 2.25. The topological polar surface area (TPSA) is 30.7 Å². The molecule has 0 aliphatic heterocycles. The van der Waals surface area contributed by atoms with Crippen molar-refractivity contribution >= 4 is 32.7 Å². The molecular formula is C41H31N3.